The fourth-order valence-electron chi connectivity index (χ4n) is 2.07. The fourth-order valence-corrected chi connectivity index (χ4v) is 2.07. The van der Waals surface area contributed by atoms with E-state index >= 15 is 0 Å². The van der Waals surface area contributed by atoms with E-state index in [4.69, 9.17) is 0 Å². The molecule has 0 saturated carbocycles. The SMILES string of the molecule is CNCCCC(=O)N1CCCCCCC1.Cl. The molecule has 0 spiro atoms. The summed E-state index contributed by atoms with van der Waals surface area (Å²) in [5, 5.41) is 3.08. The highest BCUT2D eigenvalue weighted by molar-refractivity contribution is 5.85. The molecule has 0 radical (unpaired) electrons. The molecule has 3 nitrogen and oxygen atoms in total. The maximum Gasteiger partial charge on any atom is 0.222 e. The van der Waals surface area contributed by atoms with E-state index in [1.165, 1.54) is 32.1 Å². The molecule has 1 aliphatic rings. The zero-order chi connectivity index (χ0) is 10.9. The van der Waals surface area contributed by atoms with Crippen LogP contribution in [-0.4, -0.2) is 37.5 Å². The van der Waals surface area contributed by atoms with Crippen LogP contribution in [0.1, 0.15) is 44.9 Å². The van der Waals surface area contributed by atoms with Gasteiger partial charge >= 0.3 is 0 Å². The van der Waals surface area contributed by atoms with E-state index in [1.54, 1.807) is 0 Å². The van der Waals surface area contributed by atoms with Gasteiger partial charge in [-0.1, -0.05) is 19.3 Å². The van der Waals surface area contributed by atoms with Gasteiger partial charge in [0.05, 0.1) is 0 Å². The molecule has 1 rings (SSSR count). The van der Waals surface area contributed by atoms with Crippen molar-refractivity contribution in [1.82, 2.24) is 10.2 Å². The highest BCUT2D eigenvalue weighted by atomic mass is 35.5. The largest absolute Gasteiger partial charge is 0.343 e. The number of hydrogen-bond donors (Lipinski definition) is 1. The third kappa shape index (κ3) is 6.33. The lowest BCUT2D eigenvalue weighted by Crippen LogP contribution is -2.34. The van der Waals surface area contributed by atoms with Crippen molar-refractivity contribution in [2.24, 2.45) is 0 Å². The molecule has 16 heavy (non-hydrogen) atoms. The summed E-state index contributed by atoms with van der Waals surface area (Å²) in [5.41, 5.74) is 0. The van der Waals surface area contributed by atoms with Crippen molar-refractivity contribution in [2.75, 3.05) is 26.7 Å². The minimum Gasteiger partial charge on any atom is -0.343 e. The summed E-state index contributed by atoms with van der Waals surface area (Å²) < 4.78 is 0. The summed E-state index contributed by atoms with van der Waals surface area (Å²) in [4.78, 5) is 13.9. The Labute approximate surface area is 105 Å². The normalized spacial score (nSPS) is 17.2. The van der Waals surface area contributed by atoms with Crippen molar-refractivity contribution in [3.63, 3.8) is 0 Å². The third-order valence-corrected chi connectivity index (χ3v) is 3.03. The molecule has 1 saturated heterocycles. The Hall–Kier alpha value is -0.280. The Bertz CT molecular complexity index is 180. The van der Waals surface area contributed by atoms with Crippen LogP contribution < -0.4 is 5.32 Å². The zero-order valence-corrected chi connectivity index (χ0v) is 11.2. The van der Waals surface area contributed by atoms with E-state index in [9.17, 15) is 4.79 Å². The zero-order valence-electron chi connectivity index (χ0n) is 10.3. The molecule has 1 fully saturated rings. The number of likely N-dealkylation sites (tertiary alicyclic amines) is 1. The summed E-state index contributed by atoms with van der Waals surface area (Å²) in [7, 11) is 1.93. The second-order valence-electron chi connectivity index (χ2n) is 4.36. The van der Waals surface area contributed by atoms with Crippen LogP contribution in [0, 0.1) is 0 Å². The van der Waals surface area contributed by atoms with Crippen LogP contribution in [0.5, 0.6) is 0 Å². The predicted molar refractivity (Wildman–Crippen MR) is 70.1 cm³/mol. The number of halogens is 1. The van der Waals surface area contributed by atoms with Crippen LogP contribution in [0.25, 0.3) is 0 Å². The van der Waals surface area contributed by atoms with Crippen molar-refractivity contribution >= 4 is 18.3 Å². The lowest BCUT2D eigenvalue weighted by atomic mass is 10.1. The van der Waals surface area contributed by atoms with Crippen LogP contribution in [0.2, 0.25) is 0 Å². The van der Waals surface area contributed by atoms with E-state index in [-0.39, 0.29) is 12.4 Å². The number of rotatable bonds is 4. The van der Waals surface area contributed by atoms with Gasteiger partial charge in [0.25, 0.3) is 0 Å². The number of amides is 1. The molecule has 0 aliphatic carbocycles. The van der Waals surface area contributed by atoms with Gasteiger partial charge in [0, 0.05) is 19.5 Å². The summed E-state index contributed by atoms with van der Waals surface area (Å²) in [6.45, 7) is 2.91. The lowest BCUT2D eigenvalue weighted by Gasteiger charge is -2.24. The minimum absolute atomic E-state index is 0. The fraction of sp³-hybridized carbons (Fsp3) is 0.917. The Kier molecular flexibility index (Phi) is 9.74. The first-order chi connectivity index (χ1) is 7.34. The van der Waals surface area contributed by atoms with Gasteiger partial charge in [0.1, 0.15) is 0 Å². The van der Waals surface area contributed by atoms with Crippen molar-refractivity contribution in [2.45, 2.75) is 44.9 Å². The van der Waals surface area contributed by atoms with Crippen molar-refractivity contribution in [3.8, 4) is 0 Å². The summed E-state index contributed by atoms with van der Waals surface area (Å²) in [5.74, 6) is 0.354. The number of carbonyl (C=O) groups is 1. The van der Waals surface area contributed by atoms with E-state index in [0.717, 1.165) is 26.1 Å². The topological polar surface area (TPSA) is 32.3 Å². The Morgan fingerprint density at radius 2 is 1.69 bits per heavy atom. The quantitative estimate of drug-likeness (QED) is 0.774. The van der Waals surface area contributed by atoms with Crippen LogP contribution in [-0.2, 0) is 4.79 Å². The molecule has 1 aliphatic heterocycles. The minimum atomic E-state index is 0. The molecule has 0 unspecified atom stereocenters. The second kappa shape index (κ2) is 9.91. The summed E-state index contributed by atoms with van der Waals surface area (Å²) >= 11 is 0. The van der Waals surface area contributed by atoms with Gasteiger partial charge < -0.3 is 10.2 Å². The van der Waals surface area contributed by atoms with Crippen molar-refractivity contribution in [3.05, 3.63) is 0 Å². The number of carbonyl (C=O) groups excluding carboxylic acids is 1. The van der Waals surface area contributed by atoms with Gasteiger partial charge in [-0.05, 0) is 32.9 Å². The summed E-state index contributed by atoms with van der Waals surface area (Å²) in [6.07, 6.45) is 7.99. The molecule has 1 amide bonds. The van der Waals surface area contributed by atoms with E-state index in [2.05, 4.69) is 10.2 Å². The number of hydrogen-bond acceptors (Lipinski definition) is 2. The van der Waals surface area contributed by atoms with Crippen molar-refractivity contribution < 1.29 is 4.79 Å². The van der Waals surface area contributed by atoms with Gasteiger partial charge in [-0.25, -0.2) is 0 Å². The third-order valence-electron chi connectivity index (χ3n) is 3.03. The highest BCUT2D eigenvalue weighted by Crippen LogP contribution is 2.11. The molecular formula is C12H25ClN2O. The first kappa shape index (κ1) is 15.7. The highest BCUT2D eigenvalue weighted by Gasteiger charge is 2.13. The van der Waals surface area contributed by atoms with Crippen LogP contribution in [0.15, 0.2) is 0 Å². The smallest absolute Gasteiger partial charge is 0.222 e. The molecule has 0 atom stereocenters. The molecule has 0 aromatic heterocycles. The molecule has 0 bridgehead atoms. The maximum atomic E-state index is 11.8. The standard InChI is InChI=1S/C12H24N2O.ClH/c1-13-9-7-8-12(15)14-10-5-3-2-4-6-11-14;/h13H,2-11H2,1H3;1H. The van der Waals surface area contributed by atoms with Gasteiger partial charge in [0.15, 0.2) is 0 Å². The van der Waals surface area contributed by atoms with Crippen LogP contribution in [0.4, 0.5) is 0 Å². The Morgan fingerprint density at radius 1 is 1.12 bits per heavy atom. The average molecular weight is 249 g/mol. The monoisotopic (exact) mass is 248 g/mol. The van der Waals surface area contributed by atoms with Crippen LogP contribution in [0.3, 0.4) is 0 Å². The molecule has 1 heterocycles. The van der Waals surface area contributed by atoms with E-state index in [1.807, 2.05) is 7.05 Å². The summed E-state index contributed by atoms with van der Waals surface area (Å²) in [6, 6.07) is 0. The molecule has 1 N–H and O–H groups in total. The number of nitrogens with zero attached hydrogens (tertiary/aromatic N) is 1. The lowest BCUT2D eigenvalue weighted by molar-refractivity contribution is -0.131. The van der Waals surface area contributed by atoms with E-state index in [0.29, 0.717) is 12.3 Å². The Balaban J connectivity index is 0.00000225. The number of nitrogens with one attached hydrogen (secondary N) is 1. The first-order valence-corrected chi connectivity index (χ1v) is 6.27. The second-order valence-corrected chi connectivity index (χ2v) is 4.36. The van der Waals surface area contributed by atoms with Gasteiger partial charge in [0.2, 0.25) is 5.91 Å². The molecule has 96 valence electrons. The van der Waals surface area contributed by atoms with Gasteiger partial charge in [-0.2, -0.15) is 0 Å². The van der Waals surface area contributed by atoms with Gasteiger partial charge in [-0.3, -0.25) is 4.79 Å². The molecular weight excluding hydrogens is 224 g/mol. The van der Waals surface area contributed by atoms with Gasteiger partial charge in [-0.15, -0.1) is 12.4 Å². The van der Waals surface area contributed by atoms with Crippen LogP contribution >= 0.6 is 12.4 Å². The van der Waals surface area contributed by atoms with E-state index < -0.39 is 0 Å². The molecule has 4 heteroatoms. The Morgan fingerprint density at radius 3 is 2.25 bits per heavy atom. The first-order valence-electron chi connectivity index (χ1n) is 6.27. The van der Waals surface area contributed by atoms with Crippen molar-refractivity contribution in [1.29, 1.82) is 0 Å². The molecule has 0 aromatic rings. The predicted octanol–water partition coefficient (Wildman–Crippen LogP) is 2.20. The maximum absolute atomic E-state index is 11.8. The molecule has 0 aromatic carbocycles. The average Bonchev–Trinajstić information content (AvgIpc) is 2.17.